The lowest BCUT2D eigenvalue weighted by molar-refractivity contribution is 0.609. The van der Waals surface area contributed by atoms with Crippen LogP contribution >= 0.6 is 11.6 Å². The molecule has 0 bridgehead atoms. The minimum Gasteiger partial charge on any atom is -0.361 e. The average Bonchev–Trinajstić information content (AvgIpc) is 2.64. The van der Waals surface area contributed by atoms with Crippen molar-refractivity contribution in [2.45, 2.75) is 38.8 Å². The van der Waals surface area contributed by atoms with Gasteiger partial charge in [0.1, 0.15) is 16.8 Å². The molecule has 3 rings (SSSR count). The summed E-state index contributed by atoms with van der Waals surface area (Å²) in [6, 6.07) is 0. The van der Waals surface area contributed by atoms with Crippen molar-refractivity contribution in [3.8, 4) is 0 Å². The van der Waals surface area contributed by atoms with Crippen molar-refractivity contribution in [3.63, 3.8) is 0 Å². The standard InChI is InChI=1S/C12H15ClN6/c13-9-6-14-7-10(16-9)15-8-12-18-17-11-4-2-1-3-5-19(11)12/h6-7H,1-5,8H2,(H,15,16). The quantitative estimate of drug-likeness (QED) is 0.931. The summed E-state index contributed by atoms with van der Waals surface area (Å²) in [5.74, 6) is 2.68. The smallest absolute Gasteiger partial charge is 0.152 e. The minimum absolute atomic E-state index is 0.380. The molecule has 1 aliphatic heterocycles. The van der Waals surface area contributed by atoms with Crippen molar-refractivity contribution >= 4 is 17.4 Å². The molecule has 0 radical (unpaired) electrons. The summed E-state index contributed by atoms with van der Waals surface area (Å²) in [5, 5.41) is 12.1. The Labute approximate surface area is 116 Å². The number of nitrogens with one attached hydrogen (secondary N) is 1. The van der Waals surface area contributed by atoms with Gasteiger partial charge in [-0.1, -0.05) is 18.0 Å². The molecule has 0 amide bonds. The molecule has 100 valence electrons. The summed E-state index contributed by atoms with van der Waals surface area (Å²) in [7, 11) is 0. The van der Waals surface area contributed by atoms with Gasteiger partial charge in [-0.2, -0.15) is 0 Å². The number of rotatable bonds is 3. The molecule has 7 heteroatoms. The first kappa shape index (κ1) is 12.3. The van der Waals surface area contributed by atoms with Crippen LogP contribution in [0.3, 0.4) is 0 Å². The van der Waals surface area contributed by atoms with Gasteiger partial charge < -0.3 is 9.88 Å². The SMILES string of the molecule is Clc1cncc(NCc2nnc3n2CCCCC3)n1. The van der Waals surface area contributed by atoms with Crippen LogP contribution in [0, 0.1) is 0 Å². The molecular weight excluding hydrogens is 264 g/mol. The van der Waals surface area contributed by atoms with Crippen LogP contribution in [0.25, 0.3) is 0 Å². The maximum Gasteiger partial charge on any atom is 0.152 e. The second kappa shape index (κ2) is 5.52. The van der Waals surface area contributed by atoms with Gasteiger partial charge in [0.05, 0.1) is 18.9 Å². The third kappa shape index (κ3) is 2.84. The first-order valence-electron chi connectivity index (χ1n) is 6.45. The predicted octanol–water partition coefficient (Wildman–Crippen LogP) is 2.06. The highest BCUT2D eigenvalue weighted by atomic mass is 35.5. The molecule has 19 heavy (non-hydrogen) atoms. The lowest BCUT2D eigenvalue weighted by Crippen LogP contribution is -2.11. The van der Waals surface area contributed by atoms with Crippen LogP contribution in [-0.4, -0.2) is 24.7 Å². The molecular formula is C12H15ClN6. The Kier molecular flexibility index (Phi) is 3.59. The molecule has 6 nitrogen and oxygen atoms in total. The van der Waals surface area contributed by atoms with E-state index in [0.29, 0.717) is 17.5 Å². The van der Waals surface area contributed by atoms with Crippen molar-refractivity contribution in [1.82, 2.24) is 24.7 Å². The Bertz CT molecular complexity index is 567. The van der Waals surface area contributed by atoms with Crippen molar-refractivity contribution < 1.29 is 0 Å². The van der Waals surface area contributed by atoms with E-state index in [4.69, 9.17) is 11.6 Å². The summed E-state index contributed by atoms with van der Waals surface area (Å²) in [6.07, 6.45) is 7.82. The van der Waals surface area contributed by atoms with Crippen LogP contribution in [-0.2, 0) is 19.5 Å². The Morgan fingerprint density at radius 2 is 2.16 bits per heavy atom. The lowest BCUT2D eigenvalue weighted by atomic mass is 10.2. The summed E-state index contributed by atoms with van der Waals surface area (Å²) in [5.41, 5.74) is 0. The van der Waals surface area contributed by atoms with Crippen LogP contribution < -0.4 is 5.32 Å². The molecule has 0 saturated carbocycles. The molecule has 0 aliphatic carbocycles. The number of halogens is 1. The van der Waals surface area contributed by atoms with Gasteiger partial charge in [-0.05, 0) is 12.8 Å². The number of hydrogen-bond donors (Lipinski definition) is 1. The van der Waals surface area contributed by atoms with Crippen LogP contribution in [0.5, 0.6) is 0 Å². The molecule has 3 heterocycles. The number of nitrogens with zero attached hydrogens (tertiary/aromatic N) is 5. The largest absolute Gasteiger partial charge is 0.361 e. The Balaban J connectivity index is 1.72. The van der Waals surface area contributed by atoms with Gasteiger partial charge in [-0.3, -0.25) is 4.98 Å². The van der Waals surface area contributed by atoms with Gasteiger partial charge in [0, 0.05) is 13.0 Å². The van der Waals surface area contributed by atoms with Crippen LogP contribution in [0.15, 0.2) is 12.4 Å². The molecule has 0 aromatic carbocycles. The number of fused-ring (bicyclic) bond motifs is 1. The predicted molar refractivity (Wildman–Crippen MR) is 71.9 cm³/mol. The number of aromatic nitrogens is 5. The number of anilines is 1. The summed E-state index contributed by atoms with van der Waals surface area (Å²) >= 11 is 5.80. The van der Waals surface area contributed by atoms with E-state index in [2.05, 4.69) is 30.0 Å². The highest BCUT2D eigenvalue weighted by Crippen LogP contribution is 2.15. The second-order valence-electron chi connectivity index (χ2n) is 4.58. The van der Waals surface area contributed by atoms with Gasteiger partial charge >= 0.3 is 0 Å². The fourth-order valence-corrected chi connectivity index (χ4v) is 2.42. The topological polar surface area (TPSA) is 68.5 Å². The zero-order valence-corrected chi connectivity index (χ0v) is 11.3. The van der Waals surface area contributed by atoms with E-state index >= 15 is 0 Å². The van der Waals surface area contributed by atoms with Crippen molar-refractivity contribution in [2.24, 2.45) is 0 Å². The van der Waals surface area contributed by atoms with Gasteiger partial charge in [-0.15, -0.1) is 10.2 Å². The Hall–Kier alpha value is -1.69. The van der Waals surface area contributed by atoms with Crippen LogP contribution in [0.1, 0.15) is 30.9 Å². The summed E-state index contributed by atoms with van der Waals surface area (Å²) in [4.78, 5) is 8.12. The summed E-state index contributed by atoms with van der Waals surface area (Å²) in [6.45, 7) is 1.59. The zero-order chi connectivity index (χ0) is 13.1. The maximum absolute atomic E-state index is 5.80. The maximum atomic E-state index is 5.80. The van der Waals surface area contributed by atoms with E-state index in [0.717, 1.165) is 24.6 Å². The molecule has 2 aromatic rings. The molecule has 0 fully saturated rings. The Morgan fingerprint density at radius 3 is 3.05 bits per heavy atom. The molecule has 0 unspecified atom stereocenters. The molecule has 1 aliphatic rings. The van der Waals surface area contributed by atoms with Gasteiger partial charge in [0.25, 0.3) is 0 Å². The molecule has 0 spiro atoms. The minimum atomic E-state index is 0.380. The van der Waals surface area contributed by atoms with Crippen molar-refractivity contribution in [1.29, 1.82) is 0 Å². The van der Waals surface area contributed by atoms with Crippen molar-refractivity contribution in [3.05, 3.63) is 29.2 Å². The molecule has 0 atom stereocenters. The monoisotopic (exact) mass is 278 g/mol. The van der Waals surface area contributed by atoms with Gasteiger partial charge in [0.2, 0.25) is 0 Å². The van der Waals surface area contributed by atoms with Gasteiger partial charge in [0.15, 0.2) is 5.82 Å². The van der Waals surface area contributed by atoms with E-state index < -0.39 is 0 Å². The second-order valence-corrected chi connectivity index (χ2v) is 4.96. The third-order valence-electron chi connectivity index (χ3n) is 3.22. The average molecular weight is 279 g/mol. The first-order valence-corrected chi connectivity index (χ1v) is 6.83. The third-order valence-corrected chi connectivity index (χ3v) is 3.40. The highest BCUT2D eigenvalue weighted by molar-refractivity contribution is 6.29. The van der Waals surface area contributed by atoms with E-state index in [9.17, 15) is 0 Å². The van der Waals surface area contributed by atoms with Gasteiger partial charge in [-0.25, -0.2) is 4.98 Å². The lowest BCUT2D eigenvalue weighted by Gasteiger charge is -2.08. The van der Waals surface area contributed by atoms with E-state index in [1.54, 1.807) is 6.20 Å². The molecule has 2 aromatic heterocycles. The fraction of sp³-hybridized carbons (Fsp3) is 0.500. The zero-order valence-electron chi connectivity index (χ0n) is 10.5. The van der Waals surface area contributed by atoms with Crippen molar-refractivity contribution in [2.75, 3.05) is 5.32 Å². The highest BCUT2D eigenvalue weighted by Gasteiger charge is 2.14. The number of aryl methyl sites for hydroxylation is 1. The van der Waals surface area contributed by atoms with E-state index in [-0.39, 0.29) is 0 Å². The van der Waals surface area contributed by atoms with E-state index in [1.807, 2.05) is 0 Å². The van der Waals surface area contributed by atoms with E-state index in [1.165, 1.54) is 25.5 Å². The molecule has 1 N–H and O–H groups in total. The Morgan fingerprint density at radius 1 is 1.21 bits per heavy atom. The first-order chi connectivity index (χ1) is 9.33. The fourth-order valence-electron chi connectivity index (χ4n) is 2.27. The van der Waals surface area contributed by atoms with Crippen LogP contribution in [0.2, 0.25) is 5.15 Å². The number of hydrogen-bond acceptors (Lipinski definition) is 5. The summed E-state index contributed by atoms with van der Waals surface area (Å²) < 4.78 is 2.21. The molecule has 0 saturated heterocycles. The van der Waals surface area contributed by atoms with Crippen LogP contribution in [0.4, 0.5) is 5.82 Å². The normalized spacial score (nSPS) is 14.8.